The van der Waals surface area contributed by atoms with E-state index in [-0.39, 0.29) is 6.42 Å². The Labute approximate surface area is 174 Å². The number of hydrogen-bond acceptors (Lipinski definition) is 2. The number of carbonyl (C=O) groups is 1. The summed E-state index contributed by atoms with van der Waals surface area (Å²) in [5.41, 5.74) is 5.19. The van der Waals surface area contributed by atoms with Gasteiger partial charge in [0.2, 0.25) is 0 Å². The molecule has 0 atom stereocenters. The summed E-state index contributed by atoms with van der Waals surface area (Å²) in [6, 6.07) is 24.1. The number of fused-ring (bicyclic) bond motifs is 1. The van der Waals surface area contributed by atoms with Gasteiger partial charge in [-0.3, -0.25) is 4.79 Å². The molecule has 29 heavy (non-hydrogen) atoms. The van der Waals surface area contributed by atoms with E-state index in [9.17, 15) is 9.90 Å². The zero-order chi connectivity index (χ0) is 20.4. The SMILES string of the molecule is CN(c1ccc(Cl)cc1)c1ccc(Cn2cc(CC(=O)O)c3ccccc32)cc1. The minimum absolute atomic E-state index is 0.0261. The third-order valence-electron chi connectivity index (χ3n) is 5.10. The average Bonchev–Trinajstić information content (AvgIpc) is 3.05. The maximum Gasteiger partial charge on any atom is 0.307 e. The van der Waals surface area contributed by atoms with Crippen LogP contribution in [0.3, 0.4) is 0 Å². The predicted molar refractivity (Wildman–Crippen MR) is 118 cm³/mol. The number of aliphatic carboxylic acids is 1. The molecule has 0 amide bonds. The van der Waals surface area contributed by atoms with Crippen molar-refractivity contribution in [2.75, 3.05) is 11.9 Å². The number of anilines is 2. The van der Waals surface area contributed by atoms with Gasteiger partial charge in [0.1, 0.15) is 0 Å². The van der Waals surface area contributed by atoms with Crippen molar-refractivity contribution >= 4 is 39.8 Å². The highest BCUT2D eigenvalue weighted by Crippen LogP contribution is 2.26. The smallest absolute Gasteiger partial charge is 0.307 e. The summed E-state index contributed by atoms with van der Waals surface area (Å²) in [6.45, 7) is 0.686. The van der Waals surface area contributed by atoms with E-state index in [2.05, 4.69) is 33.7 Å². The van der Waals surface area contributed by atoms with Crippen LogP contribution in [0.15, 0.2) is 79.0 Å². The highest BCUT2D eigenvalue weighted by molar-refractivity contribution is 6.30. The van der Waals surface area contributed by atoms with E-state index in [0.29, 0.717) is 6.54 Å². The minimum Gasteiger partial charge on any atom is -0.481 e. The maximum absolute atomic E-state index is 11.2. The molecule has 0 fully saturated rings. The number of nitrogens with zero attached hydrogens (tertiary/aromatic N) is 2. The van der Waals surface area contributed by atoms with Crippen molar-refractivity contribution in [2.45, 2.75) is 13.0 Å². The Morgan fingerprint density at radius 3 is 2.24 bits per heavy atom. The number of rotatable bonds is 6. The van der Waals surface area contributed by atoms with Crippen LogP contribution in [0.2, 0.25) is 5.02 Å². The number of aromatic nitrogens is 1. The minimum atomic E-state index is -0.817. The van der Waals surface area contributed by atoms with Gasteiger partial charge in [-0.15, -0.1) is 0 Å². The fourth-order valence-corrected chi connectivity index (χ4v) is 3.72. The number of benzene rings is 3. The second kappa shape index (κ2) is 8.02. The highest BCUT2D eigenvalue weighted by Gasteiger charge is 2.11. The van der Waals surface area contributed by atoms with Crippen molar-refractivity contribution < 1.29 is 9.90 Å². The lowest BCUT2D eigenvalue weighted by Crippen LogP contribution is -2.09. The van der Waals surface area contributed by atoms with Crippen LogP contribution >= 0.6 is 11.6 Å². The van der Waals surface area contributed by atoms with Crippen LogP contribution < -0.4 is 4.90 Å². The monoisotopic (exact) mass is 404 g/mol. The van der Waals surface area contributed by atoms with Gasteiger partial charge >= 0.3 is 5.97 Å². The third-order valence-corrected chi connectivity index (χ3v) is 5.36. The lowest BCUT2D eigenvalue weighted by Gasteiger charge is -2.20. The molecule has 4 rings (SSSR count). The van der Waals surface area contributed by atoms with Gasteiger partial charge in [0.15, 0.2) is 0 Å². The predicted octanol–water partition coefficient (Wildman–Crippen LogP) is 5.74. The summed E-state index contributed by atoms with van der Waals surface area (Å²) in [4.78, 5) is 13.3. The van der Waals surface area contributed by atoms with Crippen LogP contribution in [-0.2, 0) is 17.8 Å². The molecule has 0 unspecified atom stereocenters. The molecule has 3 aromatic carbocycles. The van der Waals surface area contributed by atoms with E-state index in [4.69, 9.17) is 11.6 Å². The van der Waals surface area contributed by atoms with Crippen LogP contribution in [0.4, 0.5) is 11.4 Å². The van der Waals surface area contributed by atoms with E-state index < -0.39 is 5.97 Å². The van der Waals surface area contributed by atoms with Crippen molar-refractivity contribution in [3.63, 3.8) is 0 Å². The summed E-state index contributed by atoms with van der Waals surface area (Å²) in [6.07, 6.45) is 1.98. The van der Waals surface area contributed by atoms with Gasteiger partial charge in [-0.2, -0.15) is 0 Å². The summed E-state index contributed by atoms with van der Waals surface area (Å²) in [5.74, 6) is -0.817. The van der Waals surface area contributed by atoms with Gasteiger partial charge in [0, 0.05) is 47.1 Å². The second-order valence-electron chi connectivity index (χ2n) is 7.07. The number of hydrogen-bond donors (Lipinski definition) is 1. The first-order valence-electron chi connectivity index (χ1n) is 9.38. The zero-order valence-corrected chi connectivity index (χ0v) is 16.8. The molecule has 1 heterocycles. The molecule has 0 aliphatic carbocycles. The van der Waals surface area contributed by atoms with E-state index in [1.165, 1.54) is 0 Å². The summed E-state index contributed by atoms with van der Waals surface area (Å²) in [7, 11) is 2.02. The Kier molecular flexibility index (Phi) is 5.28. The largest absolute Gasteiger partial charge is 0.481 e. The molecule has 0 aliphatic heterocycles. The number of halogens is 1. The Morgan fingerprint density at radius 2 is 1.59 bits per heavy atom. The van der Waals surface area contributed by atoms with Gasteiger partial charge < -0.3 is 14.6 Å². The molecule has 4 aromatic rings. The molecule has 0 bridgehead atoms. The molecule has 4 nitrogen and oxygen atoms in total. The Hall–Kier alpha value is -3.24. The fourth-order valence-electron chi connectivity index (χ4n) is 3.59. The van der Waals surface area contributed by atoms with E-state index >= 15 is 0 Å². The Bertz CT molecular complexity index is 1150. The average molecular weight is 405 g/mol. The Morgan fingerprint density at radius 1 is 0.966 bits per heavy atom. The second-order valence-corrected chi connectivity index (χ2v) is 7.51. The first-order valence-corrected chi connectivity index (χ1v) is 9.76. The number of para-hydroxylation sites is 1. The van der Waals surface area contributed by atoms with Gasteiger partial charge in [-0.1, -0.05) is 41.9 Å². The lowest BCUT2D eigenvalue weighted by molar-refractivity contribution is -0.136. The van der Waals surface area contributed by atoms with Crippen LogP contribution in [-0.4, -0.2) is 22.7 Å². The fraction of sp³-hybridized carbons (Fsp3) is 0.125. The third kappa shape index (κ3) is 4.13. The van der Waals surface area contributed by atoms with Crippen molar-refractivity contribution in [1.29, 1.82) is 0 Å². The van der Waals surface area contributed by atoms with Crippen molar-refractivity contribution in [3.8, 4) is 0 Å². The van der Waals surface area contributed by atoms with Gasteiger partial charge in [-0.25, -0.2) is 0 Å². The molecule has 0 saturated heterocycles. The molecule has 0 spiro atoms. The molecule has 0 radical (unpaired) electrons. The van der Waals surface area contributed by atoms with E-state index in [0.717, 1.165) is 38.4 Å². The number of carboxylic acids is 1. The lowest BCUT2D eigenvalue weighted by atomic mass is 10.1. The van der Waals surface area contributed by atoms with E-state index in [1.54, 1.807) is 0 Å². The molecule has 1 N–H and O–H groups in total. The molecular formula is C24H21ClN2O2. The highest BCUT2D eigenvalue weighted by atomic mass is 35.5. The normalized spacial score (nSPS) is 11.0. The van der Waals surface area contributed by atoms with Gasteiger partial charge in [0.25, 0.3) is 0 Å². The van der Waals surface area contributed by atoms with Gasteiger partial charge in [-0.05, 0) is 53.6 Å². The van der Waals surface area contributed by atoms with Crippen LogP contribution in [0, 0.1) is 0 Å². The van der Waals surface area contributed by atoms with Crippen molar-refractivity contribution in [3.05, 3.63) is 95.1 Å². The summed E-state index contributed by atoms with van der Waals surface area (Å²) >= 11 is 5.98. The standard InChI is InChI=1S/C24H21ClN2O2/c1-26(21-12-8-19(25)9-13-21)20-10-6-17(7-11-20)15-27-16-18(14-24(28)29)22-4-2-3-5-23(22)27/h2-13,16H,14-15H2,1H3,(H,28,29). The van der Waals surface area contributed by atoms with Crippen molar-refractivity contribution in [1.82, 2.24) is 4.57 Å². The summed E-state index contributed by atoms with van der Waals surface area (Å²) in [5, 5.41) is 10.9. The summed E-state index contributed by atoms with van der Waals surface area (Å²) < 4.78 is 2.12. The quantitative estimate of drug-likeness (QED) is 0.445. The maximum atomic E-state index is 11.2. The van der Waals surface area contributed by atoms with Crippen LogP contribution in [0.5, 0.6) is 0 Å². The van der Waals surface area contributed by atoms with Crippen LogP contribution in [0.25, 0.3) is 10.9 Å². The molecule has 0 aliphatic rings. The molecule has 0 saturated carbocycles. The Balaban J connectivity index is 1.58. The van der Waals surface area contributed by atoms with Gasteiger partial charge in [0.05, 0.1) is 6.42 Å². The zero-order valence-electron chi connectivity index (χ0n) is 16.0. The molecule has 1 aromatic heterocycles. The topological polar surface area (TPSA) is 45.5 Å². The van der Waals surface area contributed by atoms with E-state index in [1.807, 2.05) is 61.8 Å². The molecule has 146 valence electrons. The van der Waals surface area contributed by atoms with Crippen LogP contribution in [0.1, 0.15) is 11.1 Å². The molecular weight excluding hydrogens is 384 g/mol. The van der Waals surface area contributed by atoms with Crippen molar-refractivity contribution in [2.24, 2.45) is 0 Å². The first-order chi connectivity index (χ1) is 14.0. The molecule has 5 heteroatoms. The first kappa shape index (κ1) is 19.1. The number of carboxylic acid groups (broad SMARTS) is 1.